The van der Waals surface area contributed by atoms with Crippen molar-refractivity contribution >= 4 is 50.6 Å². The highest BCUT2D eigenvalue weighted by Crippen LogP contribution is 2.34. The number of ether oxygens (including phenoxy) is 1. The maximum Gasteiger partial charge on any atom is 0.271 e. The van der Waals surface area contributed by atoms with Gasteiger partial charge in [0.1, 0.15) is 0 Å². The first-order valence-electron chi connectivity index (χ1n) is 6.16. The summed E-state index contributed by atoms with van der Waals surface area (Å²) < 4.78 is 6.58. The second-order valence-corrected chi connectivity index (χ2v) is 6.36. The van der Waals surface area contributed by atoms with E-state index < -0.39 is 0 Å². The molecule has 0 fully saturated rings. The first kappa shape index (κ1) is 16.8. The standard InChI is InChI=1S/C15H12BrIN2O3/c1-22-13-7-9(6-12(16)14(13)20)8-18-19-15(21)10-2-4-11(17)5-3-10/h2-8,20H,1H3,(H,19,21)/b18-8-. The van der Waals surface area contributed by atoms with Crippen LogP contribution in [0.2, 0.25) is 0 Å². The van der Waals surface area contributed by atoms with E-state index in [2.05, 4.69) is 49.0 Å². The number of methoxy groups -OCH3 is 1. The zero-order chi connectivity index (χ0) is 16.1. The van der Waals surface area contributed by atoms with Crippen molar-refractivity contribution in [3.05, 3.63) is 55.6 Å². The molecule has 0 unspecified atom stereocenters. The largest absolute Gasteiger partial charge is 0.503 e. The molecule has 1 amide bonds. The molecule has 22 heavy (non-hydrogen) atoms. The van der Waals surface area contributed by atoms with Gasteiger partial charge in [0.2, 0.25) is 0 Å². The first-order valence-corrected chi connectivity index (χ1v) is 8.04. The van der Waals surface area contributed by atoms with Gasteiger partial charge in [-0.2, -0.15) is 5.10 Å². The smallest absolute Gasteiger partial charge is 0.271 e. The van der Waals surface area contributed by atoms with Gasteiger partial charge in [-0.1, -0.05) is 0 Å². The summed E-state index contributed by atoms with van der Waals surface area (Å²) in [6.45, 7) is 0. The van der Waals surface area contributed by atoms with E-state index in [-0.39, 0.29) is 11.7 Å². The van der Waals surface area contributed by atoms with Crippen LogP contribution in [0.15, 0.2) is 46.0 Å². The second-order valence-electron chi connectivity index (χ2n) is 4.26. The van der Waals surface area contributed by atoms with Crippen LogP contribution in [0.1, 0.15) is 15.9 Å². The van der Waals surface area contributed by atoms with Crippen LogP contribution in [-0.4, -0.2) is 24.3 Å². The van der Waals surface area contributed by atoms with Crippen molar-refractivity contribution in [2.75, 3.05) is 7.11 Å². The number of nitrogens with zero attached hydrogens (tertiary/aromatic N) is 1. The molecular weight excluding hydrogens is 463 g/mol. The molecule has 0 saturated heterocycles. The number of benzene rings is 2. The molecule has 2 aromatic rings. The minimum absolute atomic E-state index is 0.0163. The number of hydrogen-bond acceptors (Lipinski definition) is 4. The lowest BCUT2D eigenvalue weighted by atomic mass is 10.2. The number of aromatic hydroxyl groups is 1. The highest BCUT2D eigenvalue weighted by atomic mass is 127. The molecule has 0 bridgehead atoms. The zero-order valence-corrected chi connectivity index (χ0v) is 15.3. The van der Waals surface area contributed by atoms with Gasteiger partial charge in [-0.15, -0.1) is 0 Å². The van der Waals surface area contributed by atoms with Gasteiger partial charge in [-0.3, -0.25) is 4.79 Å². The van der Waals surface area contributed by atoms with Crippen LogP contribution in [0, 0.1) is 3.57 Å². The zero-order valence-electron chi connectivity index (χ0n) is 11.5. The van der Waals surface area contributed by atoms with Crippen LogP contribution in [0.4, 0.5) is 0 Å². The number of hydrogen-bond donors (Lipinski definition) is 2. The lowest BCUT2D eigenvalue weighted by Gasteiger charge is -2.06. The first-order chi connectivity index (χ1) is 10.5. The normalized spacial score (nSPS) is 10.7. The lowest BCUT2D eigenvalue weighted by Crippen LogP contribution is -2.17. The van der Waals surface area contributed by atoms with E-state index in [1.807, 2.05) is 12.1 Å². The predicted octanol–water partition coefficient (Wildman–Crippen LogP) is 3.53. The Balaban J connectivity index is 2.08. The third-order valence-corrected chi connectivity index (χ3v) is 4.08. The second kappa shape index (κ2) is 7.59. The fraction of sp³-hybridized carbons (Fsp3) is 0.0667. The van der Waals surface area contributed by atoms with Gasteiger partial charge in [0, 0.05) is 9.13 Å². The number of phenolic OH excluding ortho intramolecular Hbond substituents is 1. The molecule has 0 atom stereocenters. The Labute approximate surface area is 149 Å². The number of hydrazone groups is 1. The molecule has 0 radical (unpaired) electrons. The molecule has 0 saturated carbocycles. The van der Waals surface area contributed by atoms with Crippen molar-refractivity contribution in [1.82, 2.24) is 5.43 Å². The Morgan fingerprint density at radius 3 is 2.68 bits per heavy atom. The maximum absolute atomic E-state index is 11.9. The number of rotatable bonds is 4. The summed E-state index contributed by atoms with van der Waals surface area (Å²) in [5.74, 6) is 0.0415. The fourth-order valence-electron chi connectivity index (χ4n) is 1.66. The van der Waals surface area contributed by atoms with Crippen LogP contribution >= 0.6 is 38.5 Å². The van der Waals surface area contributed by atoms with Crippen molar-refractivity contribution in [3.8, 4) is 11.5 Å². The quantitative estimate of drug-likeness (QED) is 0.404. The van der Waals surface area contributed by atoms with Crippen molar-refractivity contribution in [3.63, 3.8) is 0 Å². The van der Waals surface area contributed by atoms with E-state index in [9.17, 15) is 9.90 Å². The minimum atomic E-state index is -0.294. The Morgan fingerprint density at radius 2 is 2.05 bits per heavy atom. The molecule has 0 spiro atoms. The molecule has 0 aromatic heterocycles. The summed E-state index contributed by atoms with van der Waals surface area (Å²) in [6, 6.07) is 10.4. The number of phenols is 1. The lowest BCUT2D eigenvalue weighted by molar-refractivity contribution is 0.0955. The van der Waals surface area contributed by atoms with Crippen LogP contribution in [0.5, 0.6) is 11.5 Å². The van der Waals surface area contributed by atoms with Gasteiger partial charge in [-0.05, 0) is 80.5 Å². The number of nitrogens with one attached hydrogen (secondary N) is 1. The minimum Gasteiger partial charge on any atom is -0.503 e. The van der Waals surface area contributed by atoms with Gasteiger partial charge < -0.3 is 9.84 Å². The molecule has 114 valence electrons. The molecule has 7 heteroatoms. The summed E-state index contributed by atoms with van der Waals surface area (Å²) in [6.07, 6.45) is 1.47. The van der Waals surface area contributed by atoms with Gasteiger partial charge in [0.25, 0.3) is 5.91 Å². The molecule has 2 N–H and O–H groups in total. The van der Waals surface area contributed by atoms with Crippen molar-refractivity contribution in [2.24, 2.45) is 5.10 Å². The topological polar surface area (TPSA) is 70.9 Å². The summed E-state index contributed by atoms with van der Waals surface area (Å²) in [5, 5.41) is 13.6. The number of halogens is 2. The maximum atomic E-state index is 11.9. The third kappa shape index (κ3) is 4.20. The van der Waals surface area contributed by atoms with Crippen molar-refractivity contribution < 1.29 is 14.6 Å². The summed E-state index contributed by atoms with van der Waals surface area (Å²) >= 11 is 5.39. The highest BCUT2D eigenvalue weighted by molar-refractivity contribution is 14.1. The van der Waals surface area contributed by atoms with Gasteiger partial charge in [0.05, 0.1) is 17.8 Å². The van der Waals surface area contributed by atoms with Gasteiger partial charge >= 0.3 is 0 Å². The van der Waals surface area contributed by atoms with Crippen LogP contribution < -0.4 is 10.2 Å². The summed E-state index contributed by atoms with van der Waals surface area (Å²) in [5.41, 5.74) is 3.65. The number of amides is 1. The molecule has 0 aliphatic carbocycles. The summed E-state index contributed by atoms with van der Waals surface area (Å²) in [4.78, 5) is 11.9. The molecule has 0 heterocycles. The van der Waals surface area contributed by atoms with Crippen LogP contribution in [-0.2, 0) is 0 Å². The van der Waals surface area contributed by atoms with Crippen molar-refractivity contribution in [1.29, 1.82) is 0 Å². The highest BCUT2D eigenvalue weighted by Gasteiger charge is 2.08. The molecule has 0 aliphatic rings. The average Bonchev–Trinajstić information content (AvgIpc) is 2.51. The van der Waals surface area contributed by atoms with E-state index in [0.29, 0.717) is 21.3 Å². The van der Waals surface area contributed by atoms with E-state index in [0.717, 1.165) is 3.57 Å². The van der Waals surface area contributed by atoms with Crippen LogP contribution in [0.3, 0.4) is 0 Å². The Kier molecular flexibility index (Phi) is 5.78. The third-order valence-electron chi connectivity index (χ3n) is 2.76. The number of carbonyl (C=O) groups excluding carboxylic acids is 1. The van der Waals surface area contributed by atoms with Gasteiger partial charge in [0.15, 0.2) is 11.5 Å². The van der Waals surface area contributed by atoms with Crippen LogP contribution in [0.25, 0.3) is 0 Å². The monoisotopic (exact) mass is 474 g/mol. The molecule has 5 nitrogen and oxygen atoms in total. The molecular formula is C15H12BrIN2O3. The Bertz CT molecular complexity index is 717. The van der Waals surface area contributed by atoms with E-state index in [4.69, 9.17) is 4.74 Å². The Morgan fingerprint density at radius 1 is 1.36 bits per heavy atom. The van der Waals surface area contributed by atoms with E-state index in [1.165, 1.54) is 13.3 Å². The fourth-order valence-corrected chi connectivity index (χ4v) is 2.47. The predicted molar refractivity (Wildman–Crippen MR) is 96.6 cm³/mol. The Hall–Kier alpha value is -1.61. The van der Waals surface area contributed by atoms with E-state index in [1.54, 1.807) is 24.3 Å². The molecule has 2 aromatic carbocycles. The number of carbonyl (C=O) groups is 1. The SMILES string of the molecule is COc1cc(/C=N\NC(=O)c2ccc(I)cc2)cc(Br)c1O. The van der Waals surface area contributed by atoms with E-state index >= 15 is 0 Å². The van der Waals surface area contributed by atoms with Gasteiger partial charge in [-0.25, -0.2) is 5.43 Å². The summed E-state index contributed by atoms with van der Waals surface area (Å²) in [7, 11) is 1.46. The molecule has 0 aliphatic heterocycles. The average molecular weight is 475 g/mol. The van der Waals surface area contributed by atoms with Crippen molar-refractivity contribution in [2.45, 2.75) is 0 Å². The molecule has 2 rings (SSSR count).